The van der Waals surface area contributed by atoms with Crippen LogP contribution < -0.4 is 5.73 Å². The van der Waals surface area contributed by atoms with Crippen molar-refractivity contribution in [3.05, 3.63) is 65.5 Å². The van der Waals surface area contributed by atoms with E-state index in [0.29, 0.717) is 12.1 Å². The SMILES string of the molecule is Cl.N[C@@H]1CN(S(=O)(=O)c2ccc(F)c(C(F)(F)F)c2)C[C@H]1c1ccccc1. The third-order valence-corrected chi connectivity index (χ3v) is 6.27. The molecule has 0 aromatic heterocycles. The minimum atomic E-state index is -4.98. The van der Waals surface area contributed by atoms with Crippen LogP contribution in [0.4, 0.5) is 17.6 Å². The molecule has 4 nitrogen and oxygen atoms in total. The lowest BCUT2D eigenvalue weighted by atomic mass is 9.95. The van der Waals surface area contributed by atoms with Gasteiger partial charge in [0.15, 0.2) is 0 Å². The standard InChI is InChI=1S/C17H16F4N2O2S.ClH/c18-15-7-6-12(8-14(15)17(19,20)21)26(24,25)23-9-13(16(22)10-23)11-4-2-1-3-5-11;/h1-8,13,16H,9-10,22H2;1H/t13-,16+;/m0./s1. The molecule has 1 heterocycles. The monoisotopic (exact) mass is 424 g/mol. The fraction of sp³-hybridized carbons (Fsp3) is 0.294. The molecule has 2 atom stereocenters. The fourth-order valence-corrected chi connectivity index (χ4v) is 4.60. The Balaban J connectivity index is 0.00000261. The second-order valence-electron chi connectivity index (χ2n) is 6.14. The molecule has 10 heteroatoms. The molecule has 148 valence electrons. The number of hydrogen-bond donors (Lipinski definition) is 1. The van der Waals surface area contributed by atoms with Crippen molar-refractivity contribution >= 4 is 22.4 Å². The summed E-state index contributed by atoms with van der Waals surface area (Å²) in [6.07, 6.45) is -4.98. The number of halogens is 5. The average molecular weight is 425 g/mol. The summed E-state index contributed by atoms with van der Waals surface area (Å²) < 4.78 is 78.5. The van der Waals surface area contributed by atoms with E-state index in [2.05, 4.69) is 0 Å². The maximum absolute atomic E-state index is 13.4. The van der Waals surface area contributed by atoms with Crippen LogP contribution in [0.5, 0.6) is 0 Å². The minimum absolute atomic E-state index is 0. The number of alkyl halides is 3. The molecule has 1 fully saturated rings. The van der Waals surface area contributed by atoms with Crippen LogP contribution in [-0.4, -0.2) is 31.9 Å². The van der Waals surface area contributed by atoms with E-state index in [-0.39, 0.29) is 31.4 Å². The van der Waals surface area contributed by atoms with Gasteiger partial charge in [0.2, 0.25) is 10.0 Å². The Labute approximate surface area is 160 Å². The summed E-state index contributed by atoms with van der Waals surface area (Å²) >= 11 is 0. The molecule has 2 aromatic rings. The molecule has 0 saturated carbocycles. The predicted octanol–water partition coefficient (Wildman–Crippen LogP) is 3.38. The molecular formula is C17H17ClF4N2O2S. The maximum atomic E-state index is 13.4. The van der Waals surface area contributed by atoms with Crippen molar-refractivity contribution in [2.24, 2.45) is 5.73 Å². The summed E-state index contributed by atoms with van der Waals surface area (Å²) in [5.41, 5.74) is 5.30. The average Bonchev–Trinajstić information content (AvgIpc) is 2.97. The Hall–Kier alpha value is -1.68. The molecule has 1 aliphatic rings. The van der Waals surface area contributed by atoms with Crippen LogP contribution in [0.1, 0.15) is 17.0 Å². The molecule has 0 unspecified atom stereocenters. The van der Waals surface area contributed by atoms with E-state index < -0.39 is 38.5 Å². The van der Waals surface area contributed by atoms with E-state index in [9.17, 15) is 26.0 Å². The van der Waals surface area contributed by atoms with E-state index in [0.717, 1.165) is 15.9 Å². The van der Waals surface area contributed by atoms with Crippen LogP contribution in [0.15, 0.2) is 53.4 Å². The molecule has 0 spiro atoms. The Bertz CT molecular complexity index is 907. The Kier molecular flexibility index (Phi) is 6.20. The largest absolute Gasteiger partial charge is 0.419 e. The molecule has 0 amide bonds. The van der Waals surface area contributed by atoms with E-state index in [4.69, 9.17) is 5.73 Å². The van der Waals surface area contributed by atoms with Crippen molar-refractivity contribution in [1.82, 2.24) is 4.31 Å². The molecular weight excluding hydrogens is 408 g/mol. The smallest absolute Gasteiger partial charge is 0.326 e. The van der Waals surface area contributed by atoms with Crippen LogP contribution in [0.25, 0.3) is 0 Å². The Morgan fingerprint density at radius 3 is 2.26 bits per heavy atom. The van der Waals surface area contributed by atoms with E-state index in [1.54, 1.807) is 12.1 Å². The van der Waals surface area contributed by atoms with Gasteiger partial charge in [0.1, 0.15) is 5.82 Å². The highest BCUT2D eigenvalue weighted by atomic mass is 35.5. The maximum Gasteiger partial charge on any atom is 0.419 e. The normalized spacial score (nSPS) is 21.1. The van der Waals surface area contributed by atoms with Gasteiger partial charge in [-0.2, -0.15) is 17.5 Å². The molecule has 0 aliphatic carbocycles. The van der Waals surface area contributed by atoms with Gasteiger partial charge in [-0.25, -0.2) is 12.8 Å². The summed E-state index contributed by atoms with van der Waals surface area (Å²) in [6, 6.07) is 10.2. The topological polar surface area (TPSA) is 63.4 Å². The summed E-state index contributed by atoms with van der Waals surface area (Å²) in [4.78, 5) is -0.605. The summed E-state index contributed by atoms with van der Waals surface area (Å²) in [6.45, 7) is 0.0207. The zero-order valence-electron chi connectivity index (χ0n) is 13.9. The first-order chi connectivity index (χ1) is 12.1. The van der Waals surface area contributed by atoms with Crippen molar-refractivity contribution in [2.45, 2.75) is 23.0 Å². The summed E-state index contributed by atoms with van der Waals surface area (Å²) in [7, 11) is -4.23. The molecule has 1 aliphatic heterocycles. The number of benzene rings is 2. The second-order valence-corrected chi connectivity index (χ2v) is 8.08. The number of sulfonamides is 1. The van der Waals surface area contributed by atoms with Crippen molar-refractivity contribution in [1.29, 1.82) is 0 Å². The van der Waals surface area contributed by atoms with Gasteiger partial charge in [0, 0.05) is 25.0 Å². The van der Waals surface area contributed by atoms with Gasteiger partial charge >= 0.3 is 6.18 Å². The van der Waals surface area contributed by atoms with Crippen LogP contribution in [0, 0.1) is 5.82 Å². The lowest BCUT2D eigenvalue weighted by molar-refractivity contribution is -0.140. The van der Waals surface area contributed by atoms with E-state index in [1.807, 2.05) is 18.2 Å². The highest BCUT2D eigenvalue weighted by Crippen LogP contribution is 2.35. The zero-order valence-corrected chi connectivity index (χ0v) is 15.5. The number of hydrogen-bond acceptors (Lipinski definition) is 3. The Morgan fingerprint density at radius 1 is 1.04 bits per heavy atom. The predicted molar refractivity (Wildman–Crippen MR) is 94.6 cm³/mol. The quantitative estimate of drug-likeness (QED) is 0.768. The van der Waals surface area contributed by atoms with Crippen LogP contribution in [0.2, 0.25) is 0 Å². The molecule has 0 bridgehead atoms. The van der Waals surface area contributed by atoms with Crippen LogP contribution >= 0.6 is 12.4 Å². The van der Waals surface area contributed by atoms with Crippen molar-refractivity contribution in [2.75, 3.05) is 13.1 Å². The third kappa shape index (κ3) is 4.26. The first kappa shape index (κ1) is 21.6. The van der Waals surface area contributed by atoms with Crippen molar-refractivity contribution in [3.63, 3.8) is 0 Å². The Morgan fingerprint density at radius 2 is 1.67 bits per heavy atom. The molecule has 2 N–H and O–H groups in total. The highest BCUT2D eigenvalue weighted by Gasteiger charge is 2.40. The van der Waals surface area contributed by atoms with E-state index in [1.165, 1.54) is 0 Å². The molecule has 2 aromatic carbocycles. The second kappa shape index (κ2) is 7.75. The van der Waals surface area contributed by atoms with Crippen LogP contribution in [-0.2, 0) is 16.2 Å². The first-order valence-corrected chi connectivity index (χ1v) is 9.22. The van der Waals surface area contributed by atoms with Crippen molar-refractivity contribution < 1.29 is 26.0 Å². The fourth-order valence-electron chi connectivity index (χ4n) is 3.07. The molecule has 27 heavy (non-hydrogen) atoms. The first-order valence-electron chi connectivity index (χ1n) is 7.78. The highest BCUT2D eigenvalue weighted by molar-refractivity contribution is 7.89. The van der Waals surface area contributed by atoms with Gasteiger partial charge in [-0.05, 0) is 23.8 Å². The van der Waals surface area contributed by atoms with Gasteiger partial charge in [-0.3, -0.25) is 0 Å². The zero-order chi connectivity index (χ0) is 19.1. The minimum Gasteiger partial charge on any atom is -0.326 e. The lowest BCUT2D eigenvalue weighted by Crippen LogP contribution is -2.32. The summed E-state index contributed by atoms with van der Waals surface area (Å²) in [5.74, 6) is -1.79. The lowest BCUT2D eigenvalue weighted by Gasteiger charge is -2.18. The van der Waals surface area contributed by atoms with Gasteiger partial charge in [0.05, 0.1) is 10.5 Å². The van der Waals surface area contributed by atoms with E-state index >= 15 is 0 Å². The summed E-state index contributed by atoms with van der Waals surface area (Å²) in [5, 5.41) is 0. The van der Waals surface area contributed by atoms with Gasteiger partial charge < -0.3 is 5.73 Å². The van der Waals surface area contributed by atoms with Gasteiger partial charge in [0.25, 0.3) is 0 Å². The number of nitrogens with zero attached hydrogens (tertiary/aromatic N) is 1. The van der Waals surface area contributed by atoms with Gasteiger partial charge in [-0.15, -0.1) is 12.4 Å². The molecule has 1 saturated heterocycles. The number of rotatable bonds is 3. The van der Waals surface area contributed by atoms with Crippen LogP contribution in [0.3, 0.4) is 0 Å². The number of nitrogens with two attached hydrogens (primary N) is 1. The molecule has 3 rings (SSSR count). The third-order valence-electron chi connectivity index (χ3n) is 4.44. The van der Waals surface area contributed by atoms with Crippen molar-refractivity contribution in [3.8, 4) is 0 Å². The van der Waals surface area contributed by atoms with Gasteiger partial charge in [-0.1, -0.05) is 30.3 Å². The molecule has 0 radical (unpaired) electrons.